The molecule has 0 heterocycles. The Balaban J connectivity index is 3.04. The molecule has 0 aromatic heterocycles. The van der Waals surface area contributed by atoms with Gasteiger partial charge in [0.1, 0.15) is 0 Å². The van der Waals surface area contributed by atoms with Gasteiger partial charge in [0, 0.05) is 19.6 Å². The van der Waals surface area contributed by atoms with E-state index in [4.69, 9.17) is 24.1 Å². The number of aliphatic hydroxyl groups is 1. The van der Waals surface area contributed by atoms with Gasteiger partial charge in [0.05, 0.1) is 52.9 Å². The molecule has 0 aliphatic carbocycles. The maximum absolute atomic E-state index is 11.2. The van der Waals surface area contributed by atoms with Gasteiger partial charge in [-0.05, 0) is 6.42 Å². The molecule has 0 atom stereocenters. The van der Waals surface area contributed by atoms with E-state index in [2.05, 4.69) is 12.2 Å². The van der Waals surface area contributed by atoms with Crippen LogP contribution in [-0.4, -0.2) is 77.0 Å². The quantitative estimate of drug-likeness (QED) is 0.234. The molecule has 0 bridgehead atoms. The van der Waals surface area contributed by atoms with Crippen molar-refractivity contribution in [2.45, 2.75) is 71.1 Å². The van der Waals surface area contributed by atoms with Crippen molar-refractivity contribution in [2.75, 3.05) is 66.0 Å². The first kappa shape index (κ1) is 28.3. The largest absolute Gasteiger partial charge is 0.395 e. The second-order valence-corrected chi connectivity index (χ2v) is 7.10. The van der Waals surface area contributed by atoms with E-state index in [1.807, 2.05) is 0 Å². The minimum absolute atomic E-state index is 0.0477. The fourth-order valence-electron chi connectivity index (χ4n) is 2.73. The molecule has 0 unspecified atom stereocenters. The lowest BCUT2D eigenvalue weighted by atomic mass is 10.1. The zero-order valence-corrected chi connectivity index (χ0v) is 18.6. The Morgan fingerprint density at radius 2 is 1.10 bits per heavy atom. The third-order valence-corrected chi connectivity index (χ3v) is 4.42. The standard InChI is InChI=1S/C22H45NO6/c1-2-3-4-5-6-7-8-9-10-14-26-16-18-28-20-21-29-19-17-27-15-11-22(25)23-12-13-24/h24H,2-21H2,1H3,(H,23,25). The third-order valence-electron chi connectivity index (χ3n) is 4.42. The maximum atomic E-state index is 11.2. The third kappa shape index (κ3) is 25.2. The molecule has 2 N–H and O–H groups in total. The number of hydrogen-bond donors (Lipinski definition) is 2. The summed E-state index contributed by atoms with van der Waals surface area (Å²) in [5.41, 5.74) is 0. The van der Waals surface area contributed by atoms with Crippen LogP contribution >= 0.6 is 0 Å². The highest BCUT2D eigenvalue weighted by atomic mass is 16.6. The molecule has 0 radical (unpaired) electrons. The van der Waals surface area contributed by atoms with Crippen LogP contribution in [0.4, 0.5) is 0 Å². The van der Waals surface area contributed by atoms with Crippen LogP contribution in [0.25, 0.3) is 0 Å². The van der Waals surface area contributed by atoms with E-state index < -0.39 is 0 Å². The van der Waals surface area contributed by atoms with Crippen molar-refractivity contribution in [1.82, 2.24) is 5.32 Å². The SMILES string of the molecule is CCCCCCCCCCCOCCOCCOCCOCCC(=O)NCCO. The van der Waals surface area contributed by atoms with Gasteiger partial charge in [-0.15, -0.1) is 0 Å². The summed E-state index contributed by atoms with van der Waals surface area (Å²) in [6.07, 6.45) is 12.2. The number of carbonyl (C=O) groups is 1. The molecule has 0 aliphatic rings. The van der Waals surface area contributed by atoms with Crippen molar-refractivity contribution in [3.05, 3.63) is 0 Å². The summed E-state index contributed by atoms with van der Waals surface area (Å²) in [5.74, 6) is -0.117. The Hall–Kier alpha value is -0.730. The Morgan fingerprint density at radius 1 is 0.655 bits per heavy atom. The Morgan fingerprint density at radius 3 is 1.62 bits per heavy atom. The van der Waals surface area contributed by atoms with Crippen LogP contribution in [0.1, 0.15) is 71.1 Å². The minimum Gasteiger partial charge on any atom is -0.395 e. The summed E-state index contributed by atoms with van der Waals surface area (Å²) < 4.78 is 21.7. The summed E-state index contributed by atoms with van der Waals surface area (Å²) in [6.45, 7) is 6.92. The first-order valence-corrected chi connectivity index (χ1v) is 11.5. The van der Waals surface area contributed by atoms with Gasteiger partial charge in [0.2, 0.25) is 5.91 Å². The van der Waals surface area contributed by atoms with Gasteiger partial charge in [0.25, 0.3) is 0 Å². The molecular weight excluding hydrogens is 374 g/mol. The van der Waals surface area contributed by atoms with E-state index in [1.54, 1.807) is 0 Å². The molecule has 0 aliphatic heterocycles. The molecule has 174 valence electrons. The minimum atomic E-state index is -0.117. The van der Waals surface area contributed by atoms with Crippen molar-refractivity contribution in [3.63, 3.8) is 0 Å². The molecular formula is C22H45NO6. The summed E-state index contributed by atoms with van der Waals surface area (Å²) in [4.78, 5) is 11.2. The molecule has 0 saturated heterocycles. The Kier molecular flexibility index (Phi) is 24.7. The molecule has 29 heavy (non-hydrogen) atoms. The molecule has 0 saturated carbocycles. The highest BCUT2D eigenvalue weighted by Gasteiger charge is 1.99. The van der Waals surface area contributed by atoms with Crippen LogP contribution in [0, 0.1) is 0 Å². The first-order chi connectivity index (χ1) is 14.3. The van der Waals surface area contributed by atoms with Crippen molar-refractivity contribution < 1.29 is 28.8 Å². The molecule has 7 heteroatoms. The molecule has 0 aromatic carbocycles. The summed E-state index contributed by atoms with van der Waals surface area (Å²) in [7, 11) is 0. The number of carbonyl (C=O) groups excluding carboxylic acids is 1. The number of rotatable bonds is 24. The van der Waals surface area contributed by atoms with Crippen molar-refractivity contribution >= 4 is 5.91 Å². The monoisotopic (exact) mass is 419 g/mol. The van der Waals surface area contributed by atoms with Gasteiger partial charge in [-0.1, -0.05) is 58.3 Å². The van der Waals surface area contributed by atoms with Crippen LogP contribution in [0.5, 0.6) is 0 Å². The normalized spacial score (nSPS) is 11.1. The smallest absolute Gasteiger partial charge is 0.222 e. The number of unbranched alkanes of at least 4 members (excludes halogenated alkanes) is 8. The number of aliphatic hydroxyl groups excluding tert-OH is 1. The van der Waals surface area contributed by atoms with Crippen LogP contribution in [0.2, 0.25) is 0 Å². The summed E-state index contributed by atoms with van der Waals surface area (Å²) in [5, 5.41) is 11.1. The van der Waals surface area contributed by atoms with Crippen molar-refractivity contribution in [1.29, 1.82) is 0 Å². The van der Waals surface area contributed by atoms with Crippen LogP contribution in [0.3, 0.4) is 0 Å². The highest BCUT2D eigenvalue weighted by molar-refractivity contribution is 5.75. The molecule has 0 aromatic rings. The fourth-order valence-corrected chi connectivity index (χ4v) is 2.73. The lowest BCUT2D eigenvalue weighted by molar-refractivity contribution is -0.122. The van der Waals surface area contributed by atoms with E-state index >= 15 is 0 Å². The zero-order chi connectivity index (χ0) is 21.3. The van der Waals surface area contributed by atoms with Crippen LogP contribution in [-0.2, 0) is 23.7 Å². The highest BCUT2D eigenvalue weighted by Crippen LogP contribution is 2.09. The number of ether oxygens (including phenoxy) is 4. The van der Waals surface area contributed by atoms with E-state index in [1.165, 1.54) is 51.4 Å². The predicted molar refractivity (Wildman–Crippen MR) is 115 cm³/mol. The maximum Gasteiger partial charge on any atom is 0.222 e. The van der Waals surface area contributed by atoms with Crippen LogP contribution in [0.15, 0.2) is 0 Å². The zero-order valence-electron chi connectivity index (χ0n) is 18.6. The molecule has 0 spiro atoms. The topological polar surface area (TPSA) is 86.2 Å². The number of hydrogen-bond acceptors (Lipinski definition) is 6. The summed E-state index contributed by atoms with van der Waals surface area (Å²) >= 11 is 0. The van der Waals surface area contributed by atoms with E-state index in [0.717, 1.165) is 13.0 Å². The lowest BCUT2D eigenvalue weighted by Crippen LogP contribution is -2.27. The van der Waals surface area contributed by atoms with Gasteiger partial charge in [-0.2, -0.15) is 0 Å². The van der Waals surface area contributed by atoms with Crippen molar-refractivity contribution in [2.24, 2.45) is 0 Å². The Labute approximate surface area is 177 Å². The Bertz CT molecular complexity index is 330. The molecule has 0 fully saturated rings. The molecule has 1 amide bonds. The van der Waals surface area contributed by atoms with Gasteiger partial charge < -0.3 is 29.4 Å². The number of nitrogens with one attached hydrogen (secondary N) is 1. The van der Waals surface area contributed by atoms with Crippen LogP contribution < -0.4 is 5.32 Å². The van der Waals surface area contributed by atoms with E-state index in [9.17, 15) is 4.79 Å². The van der Waals surface area contributed by atoms with E-state index in [-0.39, 0.29) is 19.1 Å². The first-order valence-electron chi connectivity index (χ1n) is 11.5. The van der Waals surface area contributed by atoms with Gasteiger partial charge >= 0.3 is 0 Å². The second kappa shape index (κ2) is 25.3. The van der Waals surface area contributed by atoms with E-state index in [0.29, 0.717) is 52.7 Å². The average Bonchev–Trinajstić information content (AvgIpc) is 2.73. The lowest BCUT2D eigenvalue weighted by Gasteiger charge is -2.08. The second-order valence-electron chi connectivity index (χ2n) is 7.10. The molecule has 7 nitrogen and oxygen atoms in total. The molecule has 0 rings (SSSR count). The van der Waals surface area contributed by atoms with Gasteiger partial charge in [-0.3, -0.25) is 4.79 Å². The van der Waals surface area contributed by atoms with Gasteiger partial charge in [0.15, 0.2) is 0 Å². The van der Waals surface area contributed by atoms with Gasteiger partial charge in [-0.25, -0.2) is 0 Å². The average molecular weight is 420 g/mol. The summed E-state index contributed by atoms with van der Waals surface area (Å²) in [6, 6.07) is 0. The number of amides is 1. The van der Waals surface area contributed by atoms with Crippen molar-refractivity contribution in [3.8, 4) is 0 Å². The fraction of sp³-hybridized carbons (Fsp3) is 0.955. The predicted octanol–water partition coefficient (Wildman–Crippen LogP) is 3.08.